The predicted molar refractivity (Wildman–Crippen MR) is 103 cm³/mol. The summed E-state index contributed by atoms with van der Waals surface area (Å²) >= 11 is 0. The van der Waals surface area contributed by atoms with Crippen molar-refractivity contribution in [2.24, 2.45) is 0 Å². The minimum atomic E-state index is -3.49. The molecule has 0 bridgehead atoms. The van der Waals surface area contributed by atoms with Gasteiger partial charge in [0.1, 0.15) is 5.75 Å². The van der Waals surface area contributed by atoms with Crippen molar-refractivity contribution in [2.45, 2.75) is 18.4 Å². The third kappa shape index (κ3) is 4.66. The molecule has 142 valence electrons. The minimum absolute atomic E-state index is 0.293. The number of rotatable bonds is 6. The topological polar surface area (TPSA) is 73.6 Å². The Balaban J connectivity index is 1.61. The molecule has 2 aromatic carbocycles. The van der Waals surface area contributed by atoms with Gasteiger partial charge in [-0.15, -0.1) is 0 Å². The predicted octanol–water partition coefficient (Wildman–Crippen LogP) is 2.46. The summed E-state index contributed by atoms with van der Waals surface area (Å²) < 4.78 is 32.6. The van der Waals surface area contributed by atoms with E-state index in [9.17, 15) is 8.42 Å². The standard InChI is InChI=1S/C20H23N3O3S/c1-2-26-19-6-8-20(9-7-19)27(24,25)23-12-10-22(11-13-23)16-18-5-3-4-17(14-18)15-21/h3-9,14H,2,10-13,16H2,1H3. The van der Waals surface area contributed by atoms with Gasteiger partial charge in [-0.05, 0) is 48.9 Å². The van der Waals surface area contributed by atoms with Gasteiger partial charge in [0.05, 0.1) is 23.1 Å². The monoisotopic (exact) mass is 385 g/mol. The zero-order chi connectivity index (χ0) is 19.3. The average Bonchev–Trinajstić information content (AvgIpc) is 2.69. The fourth-order valence-electron chi connectivity index (χ4n) is 3.15. The van der Waals surface area contributed by atoms with Crippen LogP contribution in [0.4, 0.5) is 0 Å². The number of hydrogen-bond donors (Lipinski definition) is 0. The van der Waals surface area contributed by atoms with Gasteiger partial charge in [-0.3, -0.25) is 4.90 Å². The molecule has 1 saturated heterocycles. The van der Waals surface area contributed by atoms with Gasteiger partial charge in [-0.2, -0.15) is 9.57 Å². The van der Waals surface area contributed by atoms with E-state index in [-0.39, 0.29) is 0 Å². The van der Waals surface area contributed by atoms with E-state index in [1.54, 1.807) is 30.3 Å². The molecule has 1 heterocycles. The third-order valence-corrected chi connectivity index (χ3v) is 6.48. The Labute approximate surface area is 160 Å². The SMILES string of the molecule is CCOc1ccc(S(=O)(=O)N2CCN(Cc3cccc(C#N)c3)CC2)cc1. The lowest BCUT2D eigenvalue weighted by Crippen LogP contribution is -2.48. The molecular formula is C20H23N3O3S. The van der Waals surface area contributed by atoms with Crippen LogP contribution >= 0.6 is 0 Å². The van der Waals surface area contributed by atoms with E-state index in [1.165, 1.54) is 4.31 Å². The van der Waals surface area contributed by atoms with Crippen LogP contribution in [0.25, 0.3) is 0 Å². The van der Waals surface area contributed by atoms with Gasteiger partial charge in [0, 0.05) is 32.7 Å². The number of benzene rings is 2. The maximum Gasteiger partial charge on any atom is 0.243 e. The first-order chi connectivity index (χ1) is 13.0. The Morgan fingerprint density at radius 3 is 2.41 bits per heavy atom. The second kappa shape index (κ2) is 8.53. The molecule has 0 saturated carbocycles. The van der Waals surface area contributed by atoms with Crippen LogP contribution in [-0.2, 0) is 16.6 Å². The van der Waals surface area contributed by atoms with Crippen LogP contribution in [0.3, 0.4) is 0 Å². The first kappa shape index (κ1) is 19.4. The van der Waals surface area contributed by atoms with Crippen LogP contribution in [0.2, 0.25) is 0 Å². The summed E-state index contributed by atoms with van der Waals surface area (Å²) in [5.74, 6) is 0.667. The van der Waals surface area contributed by atoms with E-state index < -0.39 is 10.0 Å². The molecule has 1 aliphatic rings. The van der Waals surface area contributed by atoms with Crippen molar-refractivity contribution in [3.63, 3.8) is 0 Å². The van der Waals surface area contributed by atoms with Crippen LogP contribution in [0.15, 0.2) is 53.4 Å². The Kier molecular flexibility index (Phi) is 6.11. The zero-order valence-electron chi connectivity index (χ0n) is 15.3. The highest BCUT2D eigenvalue weighted by Crippen LogP contribution is 2.21. The Morgan fingerprint density at radius 2 is 1.78 bits per heavy atom. The lowest BCUT2D eigenvalue weighted by molar-refractivity contribution is 0.181. The molecule has 1 aliphatic heterocycles. The number of hydrogen-bond acceptors (Lipinski definition) is 5. The quantitative estimate of drug-likeness (QED) is 0.764. The molecule has 0 unspecified atom stereocenters. The highest BCUT2D eigenvalue weighted by molar-refractivity contribution is 7.89. The van der Waals surface area contributed by atoms with Gasteiger partial charge in [0.2, 0.25) is 10.0 Å². The van der Waals surface area contributed by atoms with Crippen LogP contribution in [-0.4, -0.2) is 50.4 Å². The first-order valence-electron chi connectivity index (χ1n) is 8.97. The molecule has 0 aromatic heterocycles. The van der Waals surface area contributed by atoms with Gasteiger partial charge in [-0.1, -0.05) is 12.1 Å². The van der Waals surface area contributed by atoms with Crippen molar-refractivity contribution in [2.75, 3.05) is 32.8 Å². The van der Waals surface area contributed by atoms with Crippen molar-refractivity contribution in [3.8, 4) is 11.8 Å². The smallest absolute Gasteiger partial charge is 0.243 e. The number of piperazine rings is 1. The summed E-state index contributed by atoms with van der Waals surface area (Å²) in [6.07, 6.45) is 0. The van der Waals surface area contributed by atoms with Crippen LogP contribution in [0.1, 0.15) is 18.1 Å². The molecule has 0 amide bonds. The van der Waals surface area contributed by atoms with E-state index in [1.807, 2.05) is 25.1 Å². The van der Waals surface area contributed by atoms with Gasteiger partial charge in [0.15, 0.2) is 0 Å². The van der Waals surface area contributed by atoms with E-state index >= 15 is 0 Å². The fraction of sp³-hybridized carbons (Fsp3) is 0.350. The molecule has 27 heavy (non-hydrogen) atoms. The Bertz CT molecular complexity index is 912. The summed E-state index contributed by atoms with van der Waals surface area (Å²) in [4.78, 5) is 2.50. The number of nitriles is 1. The Hall–Kier alpha value is -2.40. The van der Waals surface area contributed by atoms with Crippen molar-refractivity contribution >= 4 is 10.0 Å². The third-order valence-electron chi connectivity index (χ3n) is 4.57. The molecule has 0 N–H and O–H groups in total. The summed E-state index contributed by atoms with van der Waals surface area (Å²) in [5, 5.41) is 9.00. The number of sulfonamides is 1. The van der Waals surface area contributed by atoms with Crippen molar-refractivity contribution in [1.82, 2.24) is 9.21 Å². The highest BCUT2D eigenvalue weighted by Gasteiger charge is 2.28. The molecule has 0 aliphatic carbocycles. The van der Waals surface area contributed by atoms with Crippen molar-refractivity contribution in [3.05, 3.63) is 59.7 Å². The van der Waals surface area contributed by atoms with Gasteiger partial charge >= 0.3 is 0 Å². The second-order valence-electron chi connectivity index (χ2n) is 6.40. The molecule has 0 spiro atoms. The van der Waals surface area contributed by atoms with Crippen LogP contribution < -0.4 is 4.74 Å². The summed E-state index contributed by atoms with van der Waals surface area (Å²) in [6.45, 7) is 5.37. The zero-order valence-corrected chi connectivity index (χ0v) is 16.2. The number of nitrogens with zero attached hydrogens (tertiary/aromatic N) is 3. The van der Waals surface area contributed by atoms with Gasteiger partial charge in [0.25, 0.3) is 0 Å². The fourth-order valence-corrected chi connectivity index (χ4v) is 4.57. The van der Waals surface area contributed by atoms with Crippen molar-refractivity contribution < 1.29 is 13.2 Å². The van der Waals surface area contributed by atoms with E-state index in [4.69, 9.17) is 10.00 Å². The van der Waals surface area contributed by atoms with Crippen LogP contribution in [0, 0.1) is 11.3 Å². The van der Waals surface area contributed by atoms with Gasteiger partial charge < -0.3 is 4.74 Å². The number of ether oxygens (including phenoxy) is 1. The lowest BCUT2D eigenvalue weighted by atomic mass is 10.1. The molecule has 2 aromatic rings. The van der Waals surface area contributed by atoms with E-state index in [2.05, 4.69) is 11.0 Å². The average molecular weight is 385 g/mol. The second-order valence-corrected chi connectivity index (χ2v) is 8.33. The lowest BCUT2D eigenvalue weighted by Gasteiger charge is -2.34. The van der Waals surface area contributed by atoms with E-state index in [0.717, 1.165) is 5.56 Å². The summed E-state index contributed by atoms with van der Waals surface area (Å²) in [5.41, 5.74) is 1.71. The first-order valence-corrected chi connectivity index (χ1v) is 10.4. The molecule has 3 rings (SSSR count). The summed E-state index contributed by atoms with van der Waals surface area (Å²) in [6, 6.07) is 16.2. The summed E-state index contributed by atoms with van der Waals surface area (Å²) in [7, 11) is -3.49. The molecule has 7 heteroatoms. The molecule has 0 atom stereocenters. The maximum absolute atomic E-state index is 12.8. The molecular weight excluding hydrogens is 362 g/mol. The molecule has 0 radical (unpaired) electrons. The minimum Gasteiger partial charge on any atom is -0.494 e. The largest absolute Gasteiger partial charge is 0.494 e. The highest BCUT2D eigenvalue weighted by atomic mass is 32.2. The molecule has 6 nitrogen and oxygen atoms in total. The molecule has 1 fully saturated rings. The van der Waals surface area contributed by atoms with E-state index in [0.29, 0.717) is 55.5 Å². The van der Waals surface area contributed by atoms with Crippen LogP contribution in [0.5, 0.6) is 5.75 Å². The normalized spacial score (nSPS) is 16.0. The van der Waals surface area contributed by atoms with Crippen molar-refractivity contribution in [1.29, 1.82) is 5.26 Å². The Morgan fingerprint density at radius 1 is 1.07 bits per heavy atom. The maximum atomic E-state index is 12.8. The van der Waals surface area contributed by atoms with Gasteiger partial charge in [-0.25, -0.2) is 8.42 Å².